The lowest BCUT2D eigenvalue weighted by Gasteiger charge is -2.33. The number of likely N-dealkylation sites (tertiary alicyclic amines) is 1. The maximum atomic E-state index is 14.4. The van der Waals surface area contributed by atoms with E-state index in [9.17, 15) is 17.6 Å². The Hall–Kier alpha value is -1.64. The third-order valence-electron chi connectivity index (χ3n) is 4.72. The summed E-state index contributed by atoms with van der Waals surface area (Å²) in [6.45, 7) is 1.38. The van der Waals surface area contributed by atoms with E-state index in [2.05, 4.69) is 5.32 Å². The van der Waals surface area contributed by atoms with Crippen molar-refractivity contribution in [3.8, 4) is 0 Å². The van der Waals surface area contributed by atoms with Crippen molar-refractivity contribution < 1.29 is 17.6 Å². The number of thiophene rings is 1. The van der Waals surface area contributed by atoms with Gasteiger partial charge in [-0.1, -0.05) is 18.2 Å². The average Bonchev–Trinajstić information content (AvgIpc) is 2.92. The van der Waals surface area contributed by atoms with Gasteiger partial charge in [0.1, 0.15) is 6.17 Å². The number of piperidine rings is 1. The van der Waals surface area contributed by atoms with Crippen molar-refractivity contribution >= 4 is 33.2 Å². The van der Waals surface area contributed by atoms with Crippen molar-refractivity contribution in [2.45, 2.75) is 31.2 Å². The van der Waals surface area contributed by atoms with Gasteiger partial charge in [-0.05, 0) is 36.6 Å². The van der Waals surface area contributed by atoms with Crippen LogP contribution in [-0.4, -0.2) is 50.0 Å². The summed E-state index contributed by atoms with van der Waals surface area (Å²) in [5, 5.41) is 3.79. The van der Waals surface area contributed by atoms with Crippen molar-refractivity contribution in [2.75, 3.05) is 32.0 Å². The second-order valence-electron chi connectivity index (χ2n) is 6.87. The molecule has 8 heteroatoms. The summed E-state index contributed by atoms with van der Waals surface area (Å²) >= 11 is 1.28. The molecule has 148 valence electrons. The van der Waals surface area contributed by atoms with Crippen molar-refractivity contribution in [1.29, 1.82) is 0 Å². The smallest absolute Gasteiger partial charge is 0.378 e. The second-order valence-corrected chi connectivity index (χ2v) is 7.93. The van der Waals surface area contributed by atoms with E-state index in [1.807, 2.05) is 11.9 Å². The van der Waals surface area contributed by atoms with E-state index in [0.29, 0.717) is 28.9 Å². The normalized spacial score (nSPS) is 22.0. The highest BCUT2D eigenvalue weighted by Gasteiger charge is 2.32. The summed E-state index contributed by atoms with van der Waals surface area (Å²) in [5.41, 5.74) is 6.40. The van der Waals surface area contributed by atoms with Crippen LogP contribution in [0.25, 0.3) is 16.2 Å². The molecule has 0 spiro atoms. The lowest BCUT2D eigenvalue weighted by molar-refractivity contribution is -0.126. The molecule has 2 atom stereocenters. The predicted octanol–water partition coefficient (Wildman–Crippen LogP) is 4.43. The van der Waals surface area contributed by atoms with E-state index in [-0.39, 0.29) is 18.2 Å². The highest BCUT2D eigenvalue weighted by Crippen LogP contribution is 2.40. The first-order chi connectivity index (χ1) is 12.8. The fraction of sp³-hybridized carbons (Fsp3) is 0.474. The Bertz CT molecular complexity index is 815. The largest absolute Gasteiger partial charge is 0.393 e. The maximum absolute atomic E-state index is 14.4. The number of nitrogens with two attached hydrogens (primary N) is 1. The SMILES string of the molecule is CN1CCC(Nc2cccc3c(CC(F)(F)F)c(/C=C/CN)sc23)C(F)C1. The third kappa shape index (κ3) is 4.80. The van der Waals surface area contributed by atoms with Gasteiger partial charge in [-0.3, -0.25) is 0 Å². The zero-order valence-corrected chi connectivity index (χ0v) is 15.8. The molecule has 2 aromatic rings. The molecule has 3 rings (SSSR count). The summed E-state index contributed by atoms with van der Waals surface area (Å²) < 4.78 is 54.4. The molecule has 1 aliphatic heterocycles. The van der Waals surface area contributed by atoms with E-state index >= 15 is 0 Å². The molecule has 1 aliphatic rings. The molecular formula is C19H23F4N3S. The number of hydrogen-bond donors (Lipinski definition) is 2. The van der Waals surface area contributed by atoms with Gasteiger partial charge in [0.2, 0.25) is 0 Å². The number of fused-ring (bicyclic) bond motifs is 1. The van der Waals surface area contributed by atoms with Gasteiger partial charge in [0, 0.05) is 24.5 Å². The average molecular weight is 401 g/mol. The molecule has 0 saturated carbocycles. The Morgan fingerprint density at radius 2 is 2.15 bits per heavy atom. The summed E-state index contributed by atoms with van der Waals surface area (Å²) in [6.07, 6.45) is -2.39. The minimum absolute atomic E-state index is 0.246. The van der Waals surface area contributed by atoms with E-state index in [0.717, 1.165) is 11.2 Å². The van der Waals surface area contributed by atoms with Crippen LogP contribution in [0.5, 0.6) is 0 Å². The zero-order valence-electron chi connectivity index (χ0n) is 15.0. The van der Waals surface area contributed by atoms with E-state index in [1.165, 1.54) is 11.3 Å². The number of halogens is 4. The Labute approximate surface area is 159 Å². The Morgan fingerprint density at radius 1 is 1.37 bits per heavy atom. The van der Waals surface area contributed by atoms with Gasteiger partial charge >= 0.3 is 6.18 Å². The fourth-order valence-corrected chi connectivity index (χ4v) is 4.64. The molecule has 0 amide bonds. The van der Waals surface area contributed by atoms with E-state index < -0.39 is 18.8 Å². The van der Waals surface area contributed by atoms with Gasteiger partial charge in [-0.25, -0.2) is 4.39 Å². The van der Waals surface area contributed by atoms with E-state index in [4.69, 9.17) is 5.73 Å². The van der Waals surface area contributed by atoms with Crippen LogP contribution in [0.4, 0.5) is 23.2 Å². The van der Waals surface area contributed by atoms with Crippen LogP contribution in [0, 0.1) is 0 Å². The Balaban J connectivity index is 1.98. The third-order valence-corrected chi connectivity index (χ3v) is 5.96. The summed E-state index contributed by atoms with van der Waals surface area (Å²) in [5.74, 6) is 0. The molecule has 0 radical (unpaired) electrons. The molecule has 3 N–H and O–H groups in total. The van der Waals surface area contributed by atoms with Crippen molar-refractivity contribution in [3.63, 3.8) is 0 Å². The van der Waals surface area contributed by atoms with Gasteiger partial charge in [0.25, 0.3) is 0 Å². The maximum Gasteiger partial charge on any atom is 0.393 e. The molecule has 1 aromatic heterocycles. The van der Waals surface area contributed by atoms with Gasteiger partial charge in [0.05, 0.1) is 22.8 Å². The van der Waals surface area contributed by atoms with Crippen LogP contribution in [0.2, 0.25) is 0 Å². The molecule has 1 aromatic carbocycles. The van der Waals surface area contributed by atoms with Crippen molar-refractivity contribution in [2.24, 2.45) is 5.73 Å². The highest BCUT2D eigenvalue weighted by atomic mass is 32.1. The number of nitrogens with one attached hydrogen (secondary N) is 1. The Kier molecular flexibility index (Phi) is 6.08. The van der Waals surface area contributed by atoms with Crippen LogP contribution >= 0.6 is 11.3 Å². The molecule has 0 bridgehead atoms. The van der Waals surface area contributed by atoms with Crippen LogP contribution in [0.15, 0.2) is 24.3 Å². The number of anilines is 1. The van der Waals surface area contributed by atoms with E-state index in [1.54, 1.807) is 30.4 Å². The minimum atomic E-state index is -4.30. The summed E-state index contributed by atoms with van der Waals surface area (Å²) in [4.78, 5) is 2.48. The summed E-state index contributed by atoms with van der Waals surface area (Å²) in [7, 11) is 1.88. The Morgan fingerprint density at radius 3 is 2.81 bits per heavy atom. The monoisotopic (exact) mass is 401 g/mol. The number of nitrogens with zero attached hydrogens (tertiary/aromatic N) is 1. The predicted molar refractivity (Wildman–Crippen MR) is 104 cm³/mol. The number of benzene rings is 1. The molecule has 2 heterocycles. The molecular weight excluding hydrogens is 378 g/mol. The topological polar surface area (TPSA) is 41.3 Å². The van der Waals surface area contributed by atoms with Crippen molar-refractivity contribution in [3.05, 3.63) is 34.7 Å². The molecule has 2 unspecified atom stereocenters. The van der Waals surface area contributed by atoms with Crippen LogP contribution in [0.3, 0.4) is 0 Å². The van der Waals surface area contributed by atoms with Crippen LogP contribution in [-0.2, 0) is 6.42 Å². The standard InChI is InChI=1S/C19H23F4N3S/c1-26-9-7-15(14(20)11-26)25-16-5-2-4-12-13(10-19(21,22)23)17(6-3-8-24)27-18(12)16/h2-6,14-15,25H,7-11,24H2,1H3/b6-3+. The number of hydrogen-bond acceptors (Lipinski definition) is 4. The molecule has 1 fully saturated rings. The van der Waals surface area contributed by atoms with Gasteiger partial charge in [0.15, 0.2) is 0 Å². The van der Waals surface area contributed by atoms with Crippen LogP contribution in [0.1, 0.15) is 16.9 Å². The molecule has 1 saturated heterocycles. The first-order valence-electron chi connectivity index (χ1n) is 8.85. The molecule has 3 nitrogen and oxygen atoms in total. The number of rotatable bonds is 5. The lowest BCUT2D eigenvalue weighted by Crippen LogP contribution is -2.46. The minimum Gasteiger partial charge on any atom is -0.378 e. The first-order valence-corrected chi connectivity index (χ1v) is 9.67. The highest BCUT2D eigenvalue weighted by molar-refractivity contribution is 7.20. The van der Waals surface area contributed by atoms with Crippen molar-refractivity contribution in [1.82, 2.24) is 4.90 Å². The van der Waals surface area contributed by atoms with Gasteiger partial charge < -0.3 is 16.0 Å². The molecule has 0 aliphatic carbocycles. The quantitative estimate of drug-likeness (QED) is 0.729. The summed E-state index contributed by atoms with van der Waals surface area (Å²) in [6, 6.07) is 4.87. The molecule has 27 heavy (non-hydrogen) atoms. The van der Waals surface area contributed by atoms with Crippen LogP contribution < -0.4 is 11.1 Å². The number of alkyl halides is 4. The fourth-order valence-electron chi connectivity index (χ4n) is 3.41. The second kappa shape index (κ2) is 8.16. The first kappa shape index (κ1) is 20.1. The van der Waals surface area contributed by atoms with Gasteiger partial charge in [-0.2, -0.15) is 13.2 Å². The zero-order chi connectivity index (χ0) is 19.6. The van der Waals surface area contributed by atoms with Gasteiger partial charge in [-0.15, -0.1) is 11.3 Å². The lowest BCUT2D eigenvalue weighted by atomic mass is 10.0.